The number of ether oxygens (including phenoxy) is 1. The molecule has 0 unspecified atom stereocenters. The summed E-state index contributed by atoms with van der Waals surface area (Å²) in [4.78, 5) is 8.41. The van der Waals surface area contributed by atoms with E-state index in [-0.39, 0.29) is 0 Å². The van der Waals surface area contributed by atoms with E-state index >= 15 is 0 Å². The number of nitrogens with zero attached hydrogens (tertiary/aromatic N) is 2. The van der Waals surface area contributed by atoms with Crippen LogP contribution in [-0.2, 0) is 0 Å². The molecule has 1 rings (SSSR count). The SMILES string of the molecule is CCCNc1cc(OCC)nc(C)n1. The summed E-state index contributed by atoms with van der Waals surface area (Å²) in [6.07, 6.45) is 1.08. The number of hydrogen-bond acceptors (Lipinski definition) is 4. The van der Waals surface area contributed by atoms with Crippen molar-refractivity contribution < 1.29 is 4.74 Å². The van der Waals surface area contributed by atoms with Crippen molar-refractivity contribution >= 4 is 5.82 Å². The molecule has 0 spiro atoms. The maximum absolute atomic E-state index is 5.32. The Labute approximate surface area is 84.7 Å². The predicted octanol–water partition coefficient (Wildman–Crippen LogP) is 2.01. The third kappa shape index (κ3) is 3.20. The molecule has 0 amide bonds. The highest BCUT2D eigenvalue weighted by Crippen LogP contribution is 2.12. The summed E-state index contributed by atoms with van der Waals surface area (Å²) >= 11 is 0. The summed E-state index contributed by atoms with van der Waals surface area (Å²) < 4.78 is 5.32. The Morgan fingerprint density at radius 1 is 1.36 bits per heavy atom. The lowest BCUT2D eigenvalue weighted by Gasteiger charge is -2.07. The van der Waals surface area contributed by atoms with E-state index in [1.165, 1.54) is 0 Å². The van der Waals surface area contributed by atoms with Crippen LogP contribution in [0.15, 0.2) is 6.07 Å². The van der Waals surface area contributed by atoms with Crippen molar-refractivity contribution in [3.63, 3.8) is 0 Å². The minimum absolute atomic E-state index is 0.629. The molecule has 14 heavy (non-hydrogen) atoms. The topological polar surface area (TPSA) is 47.0 Å². The lowest BCUT2D eigenvalue weighted by atomic mass is 10.4. The summed E-state index contributed by atoms with van der Waals surface area (Å²) in [6.45, 7) is 7.46. The molecule has 1 aromatic heterocycles. The molecule has 0 saturated carbocycles. The van der Waals surface area contributed by atoms with Crippen LogP contribution in [0.4, 0.5) is 5.82 Å². The van der Waals surface area contributed by atoms with E-state index in [4.69, 9.17) is 4.74 Å². The first kappa shape index (κ1) is 10.8. The molecule has 0 aromatic carbocycles. The average molecular weight is 195 g/mol. The molecular weight excluding hydrogens is 178 g/mol. The Hall–Kier alpha value is -1.32. The van der Waals surface area contributed by atoms with Gasteiger partial charge in [-0.15, -0.1) is 0 Å². The largest absolute Gasteiger partial charge is 0.478 e. The van der Waals surface area contributed by atoms with Crippen LogP contribution in [0.3, 0.4) is 0 Å². The molecule has 0 aliphatic carbocycles. The molecule has 78 valence electrons. The summed E-state index contributed by atoms with van der Waals surface area (Å²) in [6, 6.07) is 1.83. The van der Waals surface area contributed by atoms with Gasteiger partial charge in [0, 0.05) is 12.6 Å². The van der Waals surface area contributed by atoms with Gasteiger partial charge in [-0.1, -0.05) is 6.92 Å². The first-order valence-corrected chi connectivity index (χ1v) is 4.98. The monoisotopic (exact) mass is 195 g/mol. The molecule has 4 nitrogen and oxygen atoms in total. The quantitative estimate of drug-likeness (QED) is 0.780. The second-order valence-electron chi connectivity index (χ2n) is 3.00. The Kier molecular flexibility index (Phi) is 4.16. The normalized spacial score (nSPS) is 9.93. The molecule has 0 saturated heterocycles. The average Bonchev–Trinajstić information content (AvgIpc) is 2.14. The predicted molar refractivity (Wildman–Crippen MR) is 56.7 cm³/mol. The van der Waals surface area contributed by atoms with Crippen molar-refractivity contribution in [3.05, 3.63) is 11.9 Å². The van der Waals surface area contributed by atoms with E-state index in [0.29, 0.717) is 12.5 Å². The van der Waals surface area contributed by atoms with E-state index in [1.807, 2.05) is 19.9 Å². The Morgan fingerprint density at radius 2 is 2.14 bits per heavy atom. The third-order valence-electron chi connectivity index (χ3n) is 1.66. The Bertz CT molecular complexity index is 289. The van der Waals surface area contributed by atoms with Gasteiger partial charge in [0.2, 0.25) is 5.88 Å². The smallest absolute Gasteiger partial charge is 0.218 e. The van der Waals surface area contributed by atoms with E-state index in [1.54, 1.807) is 0 Å². The zero-order valence-electron chi connectivity index (χ0n) is 9.00. The molecule has 0 fully saturated rings. The van der Waals surface area contributed by atoms with Crippen LogP contribution in [0.25, 0.3) is 0 Å². The fourth-order valence-electron chi connectivity index (χ4n) is 1.11. The van der Waals surface area contributed by atoms with Crippen LogP contribution in [0.5, 0.6) is 5.88 Å². The van der Waals surface area contributed by atoms with E-state index in [9.17, 15) is 0 Å². The molecule has 0 aliphatic rings. The second kappa shape index (κ2) is 5.42. The minimum Gasteiger partial charge on any atom is -0.478 e. The molecule has 1 heterocycles. The number of anilines is 1. The fourth-order valence-corrected chi connectivity index (χ4v) is 1.11. The Morgan fingerprint density at radius 3 is 2.79 bits per heavy atom. The molecule has 4 heteroatoms. The zero-order valence-corrected chi connectivity index (χ0v) is 9.00. The summed E-state index contributed by atoms with van der Waals surface area (Å²) in [7, 11) is 0. The van der Waals surface area contributed by atoms with E-state index in [0.717, 1.165) is 24.6 Å². The number of hydrogen-bond donors (Lipinski definition) is 1. The van der Waals surface area contributed by atoms with Crippen LogP contribution >= 0.6 is 0 Å². The highest BCUT2D eigenvalue weighted by molar-refractivity contribution is 5.38. The fraction of sp³-hybridized carbons (Fsp3) is 0.600. The van der Waals surface area contributed by atoms with Crippen LogP contribution in [0.1, 0.15) is 26.1 Å². The number of aromatic nitrogens is 2. The molecular formula is C10H17N3O. The minimum atomic E-state index is 0.629. The summed E-state index contributed by atoms with van der Waals surface area (Å²) in [5.74, 6) is 2.20. The highest BCUT2D eigenvalue weighted by atomic mass is 16.5. The van der Waals surface area contributed by atoms with Crippen molar-refractivity contribution in [2.75, 3.05) is 18.5 Å². The van der Waals surface area contributed by atoms with Gasteiger partial charge in [-0.05, 0) is 20.3 Å². The van der Waals surface area contributed by atoms with Gasteiger partial charge in [0.05, 0.1) is 6.61 Å². The molecule has 0 aliphatic heterocycles. The van der Waals surface area contributed by atoms with Crippen LogP contribution in [-0.4, -0.2) is 23.1 Å². The van der Waals surface area contributed by atoms with Gasteiger partial charge in [-0.25, -0.2) is 4.98 Å². The van der Waals surface area contributed by atoms with Crippen molar-refractivity contribution in [2.45, 2.75) is 27.2 Å². The molecule has 0 radical (unpaired) electrons. The lowest BCUT2D eigenvalue weighted by molar-refractivity contribution is 0.325. The van der Waals surface area contributed by atoms with Gasteiger partial charge < -0.3 is 10.1 Å². The zero-order chi connectivity index (χ0) is 10.4. The highest BCUT2D eigenvalue weighted by Gasteiger charge is 2.00. The molecule has 0 bridgehead atoms. The summed E-state index contributed by atoms with van der Waals surface area (Å²) in [5.41, 5.74) is 0. The first-order chi connectivity index (χ1) is 6.76. The van der Waals surface area contributed by atoms with Crippen molar-refractivity contribution in [2.24, 2.45) is 0 Å². The van der Waals surface area contributed by atoms with Crippen LogP contribution in [0.2, 0.25) is 0 Å². The van der Waals surface area contributed by atoms with Crippen molar-refractivity contribution in [3.8, 4) is 5.88 Å². The van der Waals surface area contributed by atoms with Gasteiger partial charge in [-0.3, -0.25) is 0 Å². The second-order valence-corrected chi connectivity index (χ2v) is 3.00. The number of rotatable bonds is 5. The van der Waals surface area contributed by atoms with E-state index in [2.05, 4.69) is 22.2 Å². The lowest BCUT2D eigenvalue weighted by Crippen LogP contribution is -2.05. The molecule has 0 atom stereocenters. The van der Waals surface area contributed by atoms with Crippen molar-refractivity contribution in [1.82, 2.24) is 9.97 Å². The standard InChI is InChI=1S/C10H17N3O/c1-4-6-11-9-7-10(14-5-2)13-8(3)12-9/h7H,4-6H2,1-3H3,(H,11,12,13). The van der Waals surface area contributed by atoms with E-state index < -0.39 is 0 Å². The van der Waals surface area contributed by atoms with Gasteiger partial charge in [-0.2, -0.15) is 4.98 Å². The number of nitrogens with one attached hydrogen (secondary N) is 1. The van der Waals surface area contributed by atoms with Gasteiger partial charge >= 0.3 is 0 Å². The maximum Gasteiger partial charge on any atom is 0.218 e. The van der Waals surface area contributed by atoms with Crippen LogP contribution < -0.4 is 10.1 Å². The Balaban J connectivity index is 2.73. The summed E-state index contributed by atoms with van der Waals surface area (Å²) in [5, 5.41) is 3.20. The van der Waals surface area contributed by atoms with Crippen molar-refractivity contribution in [1.29, 1.82) is 0 Å². The first-order valence-electron chi connectivity index (χ1n) is 4.98. The van der Waals surface area contributed by atoms with Gasteiger partial charge in [0.15, 0.2) is 0 Å². The van der Waals surface area contributed by atoms with Gasteiger partial charge in [0.25, 0.3) is 0 Å². The third-order valence-corrected chi connectivity index (χ3v) is 1.66. The van der Waals surface area contributed by atoms with Gasteiger partial charge in [0.1, 0.15) is 11.6 Å². The maximum atomic E-state index is 5.32. The number of aryl methyl sites for hydroxylation is 1. The molecule has 1 N–H and O–H groups in total. The molecule has 1 aromatic rings. The van der Waals surface area contributed by atoms with Crippen LogP contribution in [0, 0.1) is 6.92 Å².